The van der Waals surface area contributed by atoms with E-state index in [9.17, 15) is 9.59 Å². The van der Waals surface area contributed by atoms with E-state index in [1.807, 2.05) is 6.92 Å². The van der Waals surface area contributed by atoms with Gasteiger partial charge >= 0.3 is 5.97 Å². The highest BCUT2D eigenvalue weighted by Gasteiger charge is 2.19. The first-order chi connectivity index (χ1) is 13.9. The van der Waals surface area contributed by atoms with Crippen LogP contribution < -0.4 is 14.8 Å². The van der Waals surface area contributed by atoms with Crippen molar-refractivity contribution < 1.29 is 23.8 Å². The number of carbonyl (C=O) groups is 2. The second-order valence-electron chi connectivity index (χ2n) is 7.13. The molecule has 29 heavy (non-hydrogen) atoms. The zero-order valence-corrected chi connectivity index (χ0v) is 18.1. The topological polar surface area (TPSA) is 73.9 Å². The fourth-order valence-electron chi connectivity index (χ4n) is 3.36. The van der Waals surface area contributed by atoms with Gasteiger partial charge in [0.1, 0.15) is 0 Å². The van der Waals surface area contributed by atoms with Crippen LogP contribution in [0.3, 0.4) is 0 Å². The molecule has 160 valence electrons. The molecule has 1 aliphatic carbocycles. The van der Waals surface area contributed by atoms with Gasteiger partial charge in [-0.1, -0.05) is 30.9 Å². The van der Waals surface area contributed by atoms with E-state index in [2.05, 4.69) is 5.32 Å². The van der Waals surface area contributed by atoms with Crippen LogP contribution in [0.5, 0.6) is 11.5 Å². The summed E-state index contributed by atoms with van der Waals surface area (Å²) in [5.41, 5.74) is 0.658. The van der Waals surface area contributed by atoms with Crippen molar-refractivity contribution in [3.8, 4) is 11.5 Å². The van der Waals surface area contributed by atoms with Crippen molar-refractivity contribution in [1.82, 2.24) is 5.32 Å². The third-order valence-electron chi connectivity index (χ3n) is 4.90. The number of benzene rings is 1. The maximum atomic E-state index is 12.2. The van der Waals surface area contributed by atoms with Gasteiger partial charge in [0.2, 0.25) is 0 Å². The molecule has 0 unspecified atom stereocenters. The van der Waals surface area contributed by atoms with E-state index in [1.165, 1.54) is 32.4 Å². The number of hydrogen-bond donors (Lipinski definition) is 1. The van der Waals surface area contributed by atoms with Gasteiger partial charge < -0.3 is 19.5 Å². The number of ether oxygens (including phenoxy) is 3. The predicted molar refractivity (Wildman–Crippen MR) is 113 cm³/mol. The molecule has 0 saturated heterocycles. The number of rotatable bonds is 9. The largest absolute Gasteiger partial charge is 0.491 e. The van der Waals surface area contributed by atoms with Crippen molar-refractivity contribution in [2.45, 2.75) is 52.1 Å². The summed E-state index contributed by atoms with van der Waals surface area (Å²) >= 11 is 6.20. The fraction of sp³-hybridized carbons (Fsp3) is 0.545. The summed E-state index contributed by atoms with van der Waals surface area (Å²) < 4.78 is 16.0. The molecule has 1 atom stereocenters. The lowest BCUT2D eigenvalue weighted by atomic mass is 9.89. The highest BCUT2D eigenvalue weighted by atomic mass is 35.5. The number of hydrogen-bond acceptors (Lipinski definition) is 5. The van der Waals surface area contributed by atoms with E-state index in [4.69, 9.17) is 25.8 Å². The highest BCUT2D eigenvalue weighted by Crippen LogP contribution is 2.36. The summed E-state index contributed by atoms with van der Waals surface area (Å²) in [5.74, 6) is 0.580. The molecular weight excluding hydrogens is 394 g/mol. The predicted octanol–water partition coefficient (Wildman–Crippen LogP) is 4.39. The standard InChI is InChI=1S/C22H30ClNO5/c1-4-28-19-13-17(12-18(23)21(19)27-3)10-11-20(25)29-15(2)22(26)24-14-16-8-6-5-7-9-16/h10-13,15-16H,4-9,14H2,1-3H3,(H,24,26)/b11-10+/t15-/m1/s1. The van der Waals surface area contributed by atoms with Crippen LogP contribution in [0.4, 0.5) is 0 Å². The van der Waals surface area contributed by atoms with Crippen LogP contribution in [-0.4, -0.2) is 38.2 Å². The summed E-state index contributed by atoms with van der Waals surface area (Å²) in [4.78, 5) is 24.2. The third-order valence-corrected chi connectivity index (χ3v) is 5.18. The van der Waals surface area contributed by atoms with Gasteiger partial charge in [0.05, 0.1) is 18.7 Å². The maximum Gasteiger partial charge on any atom is 0.331 e. The molecule has 0 spiro atoms. The lowest BCUT2D eigenvalue weighted by molar-refractivity contribution is -0.150. The van der Waals surface area contributed by atoms with Crippen LogP contribution >= 0.6 is 11.6 Å². The smallest absolute Gasteiger partial charge is 0.331 e. The molecule has 1 saturated carbocycles. The Labute approximate surface area is 177 Å². The molecule has 1 aromatic carbocycles. The molecule has 1 amide bonds. The van der Waals surface area contributed by atoms with Crippen molar-refractivity contribution >= 4 is 29.6 Å². The maximum absolute atomic E-state index is 12.2. The van der Waals surface area contributed by atoms with Crippen LogP contribution in [0.25, 0.3) is 6.08 Å². The van der Waals surface area contributed by atoms with E-state index in [1.54, 1.807) is 25.1 Å². The summed E-state index contributed by atoms with van der Waals surface area (Å²) in [5, 5.41) is 3.26. The first kappa shape index (κ1) is 23.1. The van der Waals surface area contributed by atoms with Crippen molar-refractivity contribution in [2.24, 2.45) is 5.92 Å². The minimum absolute atomic E-state index is 0.275. The first-order valence-corrected chi connectivity index (χ1v) is 10.5. The number of carbonyl (C=O) groups excluding carboxylic acids is 2. The molecule has 1 N–H and O–H groups in total. The van der Waals surface area contributed by atoms with E-state index in [-0.39, 0.29) is 5.91 Å². The first-order valence-electron chi connectivity index (χ1n) is 10.1. The van der Waals surface area contributed by atoms with Gasteiger partial charge in [-0.25, -0.2) is 4.79 Å². The number of nitrogens with one attached hydrogen (secondary N) is 1. The van der Waals surface area contributed by atoms with Crippen molar-refractivity contribution in [3.63, 3.8) is 0 Å². The van der Waals surface area contributed by atoms with Crippen LogP contribution in [0.2, 0.25) is 5.02 Å². The van der Waals surface area contributed by atoms with Gasteiger partial charge in [0.15, 0.2) is 17.6 Å². The Morgan fingerprint density at radius 3 is 2.66 bits per heavy atom. The Morgan fingerprint density at radius 1 is 1.28 bits per heavy atom. The van der Waals surface area contributed by atoms with Crippen molar-refractivity contribution in [3.05, 3.63) is 28.8 Å². The Hall–Kier alpha value is -2.21. The molecule has 0 heterocycles. The fourth-order valence-corrected chi connectivity index (χ4v) is 3.65. The number of halogens is 1. The molecule has 0 bridgehead atoms. The van der Waals surface area contributed by atoms with Gasteiger partial charge in [-0.05, 0) is 56.4 Å². The quantitative estimate of drug-likeness (QED) is 0.471. The summed E-state index contributed by atoms with van der Waals surface area (Å²) in [6.07, 6.45) is 7.97. The van der Waals surface area contributed by atoms with Gasteiger partial charge in [-0.2, -0.15) is 0 Å². The minimum atomic E-state index is -0.853. The Morgan fingerprint density at radius 2 is 2.00 bits per heavy atom. The van der Waals surface area contributed by atoms with Gasteiger partial charge in [-0.3, -0.25) is 4.79 Å². The average Bonchev–Trinajstić information content (AvgIpc) is 2.71. The summed E-state index contributed by atoms with van der Waals surface area (Å²) in [7, 11) is 1.51. The third kappa shape index (κ3) is 7.28. The normalized spacial score (nSPS) is 15.7. The van der Waals surface area contributed by atoms with E-state index in [0.717, 1.165) is 12.8 Å². The SMILES string of the molecule is CCOc1cc(/C=C/C(=O)O[C@H](C)C(=O)NCC2CCCCC2)cc(Cl)c1OC. The van der Waals surface area contributed by atoms with Crippen LogP contribution in [0, 0.1) is 5.92 Å². The molecule has 0 aromatic heterocycles. The second-order valence-corrected chi connectivity index (χ2v) is 7.54. The van der Waals surface area contributed by atoms with Crippen LogP contribution in [0.15, 0.2) is 18.2 Å². The van der Waals surface area contributed by atoms with E-state index >= 15 is 0 Å². The van der Waals surface area contributed by atoms with E-state index < -0.39 is 12.1 Å². The molecule has 1 aliphatic rings. The zero-order chi connectivity index (χ0) is 21.2. The molecule has 7 heteroatoms. The summed E-state index contributed by atoms with van der Waals surface area (Å²) in [6, 6.07) is 3.38. The Bertz CT molecular complexity index is 728. The van der Waals surface area contributed by atoms with Crippen LogP contribution in [0.1, 0.15) is 51.5 Å². The van der Waals surface area contributed by atoms with Crippen molar-refractivity contribution in [1.29, 1.82) is 0 Å². The zero-order valence-electron chi connectivity index (χ0n) is 17.3. The van der Waals surface area contributed by atoms with Gasteiger partial charge in [0, 0.05) is 12.6 Å². The molecule has 0 radical (unpaired) electrons. The van der Waals surface area contributed by atoms with Gasteiger partial charge in [0.25, 0.3) is 5.91 Å². The number of amides is 1. The lowest BCUT2D eigenvalue weighted by Crippen LogP contribution is -2.38. The highest BCUT2D eigenvalue weighted by molar-refractivity contribution is 6.32. The van der Waals surface area contributed by atoms with Crippen LogP contribution in [-0.2, 0) is 14.3 Å². The Kier molecular flexibility index (Phi) is 9.32. The number of esters is 1. The molecule has 0 aliphatic heterocycles. The molecule has 2 rings (SSSR count). The second kappa shape index (κ2) is 11.7. The molecule has 1 aromatic rings. The van der Waals surface area contributed by atoms with Gasteiger partial charge in [-0.15, -0.1) is 0 Å². The van der Waals surface area contributed by atoms with Crippen molar-refractivity contribution in [2.75, 3.05) is 20.3 Å². The monoisotopic (exact) mass is 423 g/mol. The number of methoxy groups -OCH3 is 1. The Balaban J connectivity index is 1.88. The minimum Gasteiger partial charge on any atom is -0.491 e. The average molecular weight is 424 g/mol. The molecule has 1 fully saturated rings. The molecular formula is C22H30ClNO5. The molecule has 6 nitrogen and oxygen atoms in total. The van der Waals surface area contributed by atoms with E-state index in [0.29, 0.717) is 41.2 Å². The lowest BCUT2D eigenvalue weighted by Gasteiger charge is -2.22. The summed E-state index contributed by atoms with van der Waals surface area (Å²) in [6.45, 7) is 4.52.